The minimum Gasteiger partial charge on any atom is -0.478 e. The molecule has 1 aromatic rings. The number of nitrogens with one attached hydrogen (secondary N) is 1. The van der Waals surface area contributed by atoms with Gasteiger partial charge in [-0.3, -0.25) is 4.79 Å². The van der Waals surface area contributed by atoms with Crippen LogP contribution in [0.5, 0.6) is 5.75 Å². The highest BCUT2D eigenvalue weighted by Crippen LogP contribution is 2.28. The third-order valence-corrected chi connectivity index (χ3v) is 3.89. The monoisotopic (exact) mass is 435 g/mol. The number of carbonyl (C=O) groups excluding carboxylic acids is 2. The van der Waals surface area contributed by atoms with Crippen LogP contribution in [0.2, 0.25) is 10.0 Å². The van der Waals surface area contributed by atoms with E-state index in [9.17, 15) is 19.5 Å². The summed E-state index contributed by atoms with van der Waals surface area (Å²) >= 11 is 11.8. The summed E-state index contributed by atoms with van der Waals surface area (Å²) in [4.78, 5) is 35.1. The Morgan fingerprint density at radius 2 is 1.75 bits per heavy atom. The number of carboxylic acids is 1. The first kappa shape index (κ1) is 23.8. The van der Waals surface area contributed by atoms with Crippen molar-refractivity contribution in [2.45, 2.75) is 40.1 Å². The summed E-state index contributed by atoms with van der Waals surface area (Å²) < 4.78 is 15.5. The zero-order valence-corrected chi connectivity index (χ0v) is 17.4. The maximum atomic E-state index is 12.0. The van der Waals surface area contributed by atoms with Gasteiger partial charge in [0, 0.05) is 17.0 Å². The third-order valence-electron chi connectivity index (χ3n) is 3.34. The number of alkyl carbamates (subject to hydrolysis) is 1. The lowest BCUT2D eigenvalue weighted by molar-refractivity contribution is -0.178. The fraction of sp³-hybridized carbons (Fsp3) is 0.500. The summed E-state index contributed by atoms with van der Waals surface area (Å²) in [6.45, 7) is 6.29. The molecule has 0 heterocycles. The third kappa shape index (κ3) is 7.82. The van der Waals surface area contributed by atoms with Crippen LogP contribution in [0.4, 0.5) is 4.79 Å². The molecule has 0 saturated carbocycles. The lowest BCUT2D eigenvalue weighted by Crippen LogP contribution is -2.42. The average Bonchev–Trinajstić information content (AvgIpc) is 2.60. The van der Waals surface area contributed by atoms with Crippen LogP contribution in [0.3, 0.4) is 0 Å². The number of carboxylic acid groups (broad SMARTS) is 1. The molecule has 0 aromatic heterocycles. The molecule has 1 rings (SSSR count). The van der Waals surface area contributed by atoms with Crippen molar-refractivity contribution in [3.05, 3.63) is 28.2 Å². The van der Waals surface area contributed by atoms with Crippen LogP contribution in [-0.2, 0) is 19.1 Å². The molecule has 0 saturated heterocycles. The number of hydrogen-bond acceptors (Lipinski definition) is 6. The van der Waals surface area contributed by atoms with Gasteiger partial charge in [0.2, 0.25) is 6.10 Å². The second-order valence-electron chi connectivity index (χ2n) is 6.51. The van der Waals surface area contributed by atoms with Crippen LogP contribution >= 0.6 is 23.2 Å². The van der Waals surface area contributed by atoms with Crippen molar-refractivity contribution < 1.29 is 33.7 Å². The molecule has 0 aliphatic heterocycles. The molecule has 0 aliphatic carbocycles. The van der Waals surface area contributed by atoms with Crippen molar-refractivity contribution in [1.29, 1.82) is 0 Å². The number of rotatable bonds is 9. The molecule has 0 aliphatic rings. The Kier molecular flexibility index (Phi) is 9.34. The predicted molar refractivity (Wildman–Crippen MR) is 103 cm³/mol. The quantitative estimate of drug-likeness (QED) is 0.448. The van der Waals surface area contributed by atoms with Gasteiger partial charge in [-0.25, -0.2) is 9.59 Å². The van der Waals surface area contributed by atoms with Crippen molar-refractivity contribution in [2.24, 2.45) is 11.8 Å². The Hall–Kier alpha value is -2.19. The number of esters is 1. The number of carbonyl (C=O) groups is 3. The maximum absolute atomic E-state index is 12.0. The van der Waals surface area contributed by atoms with E-state index in [2.05, 4.69) is 5.32 Å². The van der Waals surface area contributed by atoms with Crippen molar-refractivity contribution in [3.8, 4) is 5.75 Å². The largest absolute Gasteiger partial charge is 0.478 e. The van der Waals surface area contributed by atoms with E-state index in [0.717, 1.165) is 0 Å². The SMILES string of the molecule is CC(C)C(=O)O[C@@H](OC(=O)NC[C@H](Oc1cc(Cl)ccc1Cl)C(=O)O)C(C)C. The summed E-state index contributed by atoms with van der Waals surface area (Å²) in [5, 5.41) is 12.0. The van der Waals surface area contributed by atoms with E-state index < -0.39 is 37.0 Å². The first-order chi connectivity index (χ1) is 13.0. The highest BCUT2D eigenvalue weighted by atomic mass is 35.5. The van der Waals surface area contributed by atoms with E-state index in [4.69, 9.17) is 37.4 Å². The molecule has 10 heteroatoms. The fourth-order valence-corrected chi connectivity index (χ4v) is 2.09. The summed E-state index contributed by atoms with van der Waals surface area (Å²) in [5.74, 6) is -2.48. The zero-order valence-electron chi connectivity index (χ0n) is 15.9. The smallest absolute Gasteiger partial charge is 0.410 e. The molecule has 2 N–H and O–H groups in total. The van der Waals surface area contributed by atoms with Gasteiger partial charge < -0.3 is 24.6 Å². The van der Waals surface area contributed by atoms with E-state index in [-0.39, 0.29) is 22.6 Å². The molecule has 2 atom stereocenters. The molecule has 8 nitrogen and oxygen atoms in total. The first-order valence-corrected chi connectivity index (χ1v) is 9.26. The Morgan fingerprint density at radius 1 is 1.11 bits per heavy atom. The second kappa shape index (κ2) is 11.0. The van der Waals surface area contributed by atoms with Gasteiger partial charge >= 0.3 is 18.0 Å². The van der Waals surface area contributed by atoms with Gasteiger partial charge in [0.25, 0.3) is 6.29 Å². The molecule has 0 radical (unpaired) electrons. The predicted octanol–water partition coefficient (Wildman–Crippen LogP) is 3.73. The summed E-state index contributed by atoms with van der Waals surface area (Å²) in [7, 11) is 0. The van der Waals surface area contributed by atoms with Crippen molar-refractivity contribution >= 4 is 41.2 Å². The highest BCUT2D eigenvalue weighted by Gasteiger charge is 2.26. The van der Waals surface area contributed by atoms with Crippen LogP contribution in [0.25, 0.3) is 0 Å². The number of benzene rings is 1. The number of amides is 1. The van der Waals surface area contributed by atoms with Crippen molar-refractivity contribution in [1.82, 2.24) is 5.32 Å². The number of halogens is 2. The Balaban J connectivity index is 2.69. The van der Waals surface area contributed by atoms with Crippen LogP contribution in [0.15, 0.2) is 18.2 Å². The van der Waals surface area contributed by atoms with Gasteiger partial charge in [-0.05, 0) is 12.1 Å². The van der Waals surface area contributed by atoms with Gasteiger partial charge in [-0.15, -0.1) is 0 Å². The van der Waals surface area contributed by atoms with E-state index in [1.54, 1.807) is 27.7 Å². The molecule has 0 fully saturated rings. The molecule has 156 valence electrons. The van der Waals surface area contributed by atoms with Gasteiger partial charge in [0.05, 0.1) is 17.5 Å². The highest BCUT2D eigenvalue weighted by molar-refractivity contribution is 6.34. The zero-order chi connectivity index (χ0) is 21.4. The number of hydrogen-bond donors (Lipinski definition) is 2. The normalized spacial score (nSPS) is 13.0. The van der Waals surface area contributed by atoms with Crippen LogP contribution in [0, 0.1) is 11.8 Å². The van der Waals surface area contributed by atoms with Gasteiger partial charge in [-0.1, -0.05) is 50.9 Å². The van der Waals surface area contributed by atoms with Crippen LogP contribution in [0.1, 0.15) is 27.7 Å². The standard InChI is InChI=1S/C18H23Cl2NO7/c1-9(2)16(24)27-17(10(3)4)28-18(25)21-8-14(15(22)23)26-13-7-11(19)5-6-12(13)20/h5-7,9-10,14,17H,8H2,1-4H3,(H,21,25)(H,22,23)/t14-,17-/m0/s1. The molecular formula is C18H23Cl2NO7. The lowest BCUT2D eigenvalue weighted by Gasteiger charge is -2.23. The fourth-order valence-electron chi connectivity index (χ4n) is 1.77. The number of ether oxygens (including phenoxy) is 3. The molecule has 28 heavy (non-hydrogen) atoms. The molecule has 0 bridgehead atoms. The summed E-state index contributed by atoms with van der Waals surface area (Å²) in [6, 6.07) is 4.33. The van der Waals surface area contributed by atoms with Crippen molar-refractivity contribution in [2.75, 3.05) is 6.54 Å². The first-order valence-electron chi connectivity index (χ1n) is 8.50. The topological polar surface area (TPSA) is 111 Å². The second-order valence-corrected chi connectivity index (χ2v) is 7.35. The summed E-state index contributed by atoms with van der Waals surface area (Å²) in [6.07, 6.45) is -3.51. The molecule has 1 aromatic carbocycles. The Bertz CT molecular complexity index is 709. The molecule has 1 amide bonds. The van der Waals surface area contributed by atoms with E-state index in [1.807, 2.05) is 0 Å². The van der Waals surface area contributed by atoms with E-state index >= 15 is 0 Å². The minimum absolute atomic E-state index is 0.0580. The van der Waals surface area contributed by atoms with Crippen LogP contribution in [-0.4, -0.2) is 42.1 Å². The summed E-state index contributed by atoms with van der Waals surface area (Å²) in [5.41, 5.74) is 0. The molecular weight excluding hydrogens is 413 g/mol. The maximum Gasteiger partial charge on any atom is 0.410 e. The van der Waals surface area contributed by atoms with Gasteiger partial charge in [0.15, 0.2) is 0 Å². The molecule has 0 unspecified atom stereocenters. The Morgan fingerprint density at radius 3 is 2.29 bits per heavy atom. The minimum atomic E-state index is -1.45. The Labute approximate surface area is 173 Å². The van der Waals surface area contributed by atoms with Crippen LogP contribution < -0.4 is 10.1 Å². The lowest BCUT2D eigenvalue weighted by atomic mass is 10.2. The van der Waals surface area contributed by atoms with Gasteiger partial charge in [-0.2, -0.15) is 0 Å². The van der Waals surface area contributed by atoms with Crippen molar-refractivity contribution in [3.63, 3.8) is 0 Å². The van der Waals surface area contributed by atoms with E-state index in [0.29, 0.717) is 5.02 Å². The van der Waals surface area contributed by atoms with Gasteiger partial charge in [0.1, 0.15) is 5.75 Å². The number of aliphatic carboxylic acids is 1. The molecule has 0 spiro atoms. The van der Waals surface area contributed by atoms with E-state index in [1.165, 1.54) is 18.2 Å². The average molecular weight is 436 g/mol.